The second kappa shape index (κ2) is 10.7. The highest BCUT2D eigenvalue weighted by Gasteiger charge is 2.19. The molecule has 0 radical (unpaired) electrons. The zero-order valence-electron chi connectivity index (χ0n) is 18.4. The Morgan fingerprint density at radius 2 is 1.94 bits per heavy atom. The first kappa shape index (κ1) is 22.5. The van der Waals surface area contributed by atoms with Gasteiger partial charge >= 0.3 is 0 Å². The van der Waals surface area contributed by atoms with Crippen molar-refractivity contribution < 1.29 is 9.59 Å². The van der Waals surface area contributed by atoms with E-state index < -0.39 is 0 Å². The molecule has 0 bridgehead atoms. The number of benzene rings is 2. The third-order valence-corrected chi connectivity index (χ3v) is 6.33. The van der Waals surface area contributed by atoms with Crippen molar-refractivity contribution >= 4 is 28.8 Å². The highest BCUT2D eigenvalue weighted by Crippen LogP contribution is 2.27. The molecular weight excluding hydrogens is 432 g/mol. The lowest BCUT2D eigenvalue weighted by atomic mass is 10.0. The summed E-state index contributed by atoms with van der Waals surface area (Å²) in [6, 6.07) is 19.1. The number of aryl methyl sites for hydroxylation is 2. The number of nitrogens with one attached hydrogen (secondary N) is 2. The maximum absolute atomic E-state index is 13.1. The molecule has 4 rings (SSSR count). The van der Waals surface area contributed by atoms with Crippen molar-refractivity contribution in [3.63, 3.8) is 0 Å². The van der Waals surface area contributed by atoms with Crippen molar-refractivity contribution in [3.05, 3.63) is 106 Å². The standard InChI is InChI=1S/C26H26N4O2S/c1-2-19-8-10-20(11-9-19)25(23-7-4-16-33-23)29-26(32)21-5-3-6-22(17-21)28-24(31)12-14-30-15-13-27-18-30/h3-11,13,15-18,25H,2,12,14H2,1H3,(H,28,31)(H,29,32). The summed E-state index contributed by atoms with van der Waals surface area (Å²) in [6.07, 6.45) is 6.47. The SMILES string of the molecule is CCc1ccc(C(NC(=O)c2cccc(NC(=O)CCn3ccnc3)c2)c2cccs2)cc1. The van der Waals surface area contributed by atoms with E-state index in [0.717, 1.165) is 16.9 Å². The Morgan fingerprint density at radius 3 is 2.64 bits per heavy atom. The minimum atomic E-state index is -0.239. The van der Waals surface area contributed by atoms with Gasteiger partial charge in [0, 0.05) is 41.5 Å². The molecule has 2 aromatic carbocycles. The predicted octanol–water partition coefficient (Wildman–Crippen LogP) is 5.06. The van der Waals surface area contributed by atoms with Crippen LogP contribution in [0.25, 0.3) is 0 Å². The van der Waals surface area contributed by atoms with Gasteiger partial charge in [-0.15, -0.1) is 11.3 Å². The van der Waals surface area contributed by atoms with Crippen LogP contribution in [0.2, 0.25) is 0 Å². The summed E-state index contributed by atoms with van der Waals surface area (Å²) in [7, 11) is 0. The summed E-state index contributed by atoms with van der Waals surface area (Å²) in [5.74, 6) is -0.309. The van der Waals surface area contributed by atoms with Crippen LogP contribution in [-0.2, 0) is 17.8 Å². The van der Waals surface area contributed by atoms with Crippen molar-refractivity contribution in [2.75, 3.05) is 5.32 Å². The number of amides is 2. The molecule has 6 nitrogen and oxygen atoms in total. The Morgan fingerprint density at radius 1 is 1.09 bits per heavy atom. The molecule has 0 spiro atoms. The van der Waals surface area contributed by atoms with Crippen molar-refractivity contribution in [2.24, 2.45) is 0 Å². The van der Waals surface area contributed by atoms with Crippen molar-refractivity contribution in [1.82, 2.24) is 14.9 Å². The first-order valence-corrected chi connectivity index (χ1v) is 11.8. The van der Waals surface area contributed by atoms with Crippen LogP contribution in [0.3, 0.4) is 0 Å². The quantitative estimate of drug-likeness (QED) is 0.368. The zero-order chi connectivity index (χ0) is 23.0. The molecule has 0 fully saturated rings. The molecule has 1 atom stereocenters. The van der Waals surface area contributed by atoms with Crippen molar-refractivity contribution in [3.8, 4) is 0 Å². The summed E-state index contributed by atoms with van der Waals surface area (Å²) in [4.78, 5) is 30.5. The fraction of sp³-hybridized carbons (Fsp3) is 0.192. The van der Waals surface area contributed by atoms with E-state index in [0.29, 0.717) is 24.2 Å². The van der Waals surface area contributed by atoms with Crippen LogP contribution in [0.4, 0.5) is 5.69 Å². The molecule has 0 aliphatic rings. The molecular formula is C26H26N4O2S. The van der Waals surface area contributed by atoms with Crippen LogP contribution in [0.15, 0.2) is 84.8 Å². The van der Waals surface area contributed by atoms with Gasteiger partial charge in [-0.1, -0.05) is 43.3 Å². The summed E-state index contributed by atoms with van der Waals surface area (Å²) in [5.41, 5.74) is 3.38. The minimum absolute atomic E-state index is 0.117. The van der Waals surface area contributed by atoms with E-state index in [1.807, 2.05) is 28.3 Å². The first-order chi connectivity index (χ1) is 16.1. The Labute approximate surface area is 197 Å². The maximum atomic E-state index is 13.1. The average Bonchev–Trinajstić information content (AvgIpc) is 3.56. The van der Waals surface area contributed by atoms with Crippen LogP contribution >= 0.6 is 11.3 Å². The lowest BCUT2D eigenvalue weighted by molar-refractivity contribution is -0.116. The number of nitrogens with zero attached hydrogens (tertiary/aromatic N) is 2. The molecule has 0 aliphatic carbocycles. The largest absolute Gasteiger partial charge is 0.340 e. The van der Waals surface area contributed by atoms with Gasteiger partial charge in [0.1, 0.15) is 0 Å². The number of rotatable bonds is 9. The summed E-state index contributed by atoms with van der Waals surface area (Å²) in [5, 5.41) is 8.05. The van der Waals surface area contributed by atoms with Gasteiger partial charge in [-0.05, 0) is 47.2 Å². The molecule has 0 aliphatic heterocycles. The van der Waals surface area contributed by atoms with Gasteiger partial charge in [0.2, 0.25) is 5.91 Å². The minimum Gasteiger partial charge on any atom is -0.340 e. The number of imidazole rings is 1. The van der Waals surface area contributed by atoms with Gasteiger partial charge in [-0.3, -0.25) is 9.59 Å². The van der Waals surface area contributed by atoms with E-state index >= 15 is 0 Å². The topological polar surface area (TPSA) is 76.0 Å². The number of hydrogen-bond acceptors (Lipinski definition) is 4. The maximum Gasteiger partial charge on any atom is 0.252 e. The van der Waals surface area contributed by atoms with Gasteiger partial charge in [0.25, 0.3) is 5.91 Å². The number of hydrogen-bond donors (Lipinski definition) is 2. The molecule has 33 heavy (non-hydrogen) atoms. The van der Waals surface area contributed by atoms with E-state index in [1.165, 1.54) is 5.56 Å². The van der Waals surface area contributed by atoms with Crippen LogP contribution in [0, 0.1) is 0 Å². The number of carbonyl (C=O) groups is 2. The summed E-state index contributed by atoms with van der Waals surface area (Å²) in [6.45, 7) is 2.67. The van der Waals surface area contributed by atoms with Crippen molar-refractivity contribution in [2.45, 2.75) is 32.4 Å². The number of aromatic nitrogens is 2. The molecule has 168 valence electrons. The first-order valence-electron chi connectivity index (χ1n) is 10.9. The third-order valence-electron chi connectivity index (χ3n) is 5.39. The third kappa shape index (κ3) is 5.96. The smallest absolute Gasteiger partial charge is 0.252 e. The van der Waals surface area contributed by atoms with Crippen LogP contribution < -0.4 is 10.6 Å². The highest BCUT2D eigenvalue weighted by atomic mass is 32.1. The van der Waals surface area contributed by atoms with Gasteiger partial charge in [0.05, 0.1) is 12.4 Å². The van der Waals surface area contributed by atoms with E-state index in [2.05, 4.69) is 46.8 Å². The lowest BCUT2D eigenvalue weighted by Gasteiger charge is -2.19. The Hall–Kier alpha value is -3.71. The second-order valence-corrected chi connectivity index (χ2v) is 8.68. The molecule has 4 aromatic rings. The Kier molecular flexibility index (Phi) is 7.32. The van der Waals surface area contributed by atoms with Gasteiger partial charge in [-0.2, -0.15) is 0 Å². The molecule has 7 heteroatoms. The van der Waals surface area contributed by atoms with E-state index in [1.54, 1.807) is 48.1 Å². The van der Waals surface area contributed by atoms with E-state index in [4.69, 9.17) is 0 Å². The normalized spacial score (nSPS) is 11.7. The molecule has 1 unspecified atom stereocenters. The molecule has 2 N–H and O–H groups in total. The highest BCUT2D eigenvalue weighted by molar-refractivity contribution is 7.10. The average molecular weight is 459 g/mol. The van der Waals surface area contributed by atoms with Gasteiger partial charge in [0.15, 0.2) is 0 Å². The fourth-order valence-electron chi connectivity index (χ4n) is 3.55. The second-order valence-electron chi connectivity index (χ2n) is 7.70. The van der Waals surface area contributed by atoms with Crippen LogP contribution in [-0.4, -0.2) is 21.4 Å². The van der Waals surface area contributed by atoms with Gasteiger partial charge in [-0.25, -0.2) is 4.98 Å². The van der Waals surface area contributed by atoms with E-state index in [9.17, 15) is 9.59 Å². The molecule has 2 aromatic heterocycles. The predicted molar refractivity (Wildman–Crippen MR) is 131 cm³/mol. The number of thiophene rings is 1. The van der Waals surface area contributed by atoms with Crippen molar-refractivity contribution in [1.29, 1.82) is 0 Å². The molecule has 2 amide bonds. The Bertz CT molecular complexity index is 1190. The fourth-order valence-corrected chi connectivity index (χ4v) is 4.35. The monoisotopic (exact) mass is 458 g/mol. The Balaban J connectivity index is 1.45. The lowest BCUT2D eigenvalue weighted by Crippen LogP contribution is -2.29. The van der Waals surface area contributed by atoms with Crippen LogP contribution in [0.1, 0.15) is 45.7 Å². The van der Waals surface area contributed by atoms with Crippen LogP contribution in [0.5, 0.6) is 0 Å². The number of carbonyl (C=O) groups excluding carboxylic acids is 2. The molecule has 2 heterocycles. The zero-order valence-corrected chi connectivity index (χ0v) is 19.2. The molecule has 0 saturated carbocycles. The van der Waals surface area contributed by atoms with Gasteiger partial charge < -0.3 is 15.2 Å². The molecule has 0 saturated heterocycles. The summed E-state index contributed by atoms with van der Waals surface area (Å²) < 4.78 is 1.85. The van der Waals surface area contributed by atoms with E-state index in [-0.39, 0.29) is 17.9 Å². The summed E-state index contributed by atoms with van der Waals surface area (Å²) >= 11 is 1.61. The number of anilines is 1.